The Morgan fingerprint density at radius 3 is 2.90 bits per heavy atom. The van der Waals surface area contributed by atoms with E-state index in [2.05, 4.69) is 51.4 Å². The van der Waals surface area contributed by atoms with E-state index in [-0.39, 0.29) is 11.9 Å². The van der Waals surface area contributed by atoms with Crippen molar-refractivity contribution in [2.24, 2.45) is 0 Å². The molecule has 10 heteroatoms. The molecule has 3 aromatic heterocycles. The van der Waals surface area contributed by atoms with Gasteiger partial charge in [-0.25, -0.2) is 9.50 Å². The molecule has 1 aliphatic heterocycles. The van der Waals surface area contributed by atoms with Crippen molar-refractivity contribution in [1.82, 2.24) is 19.9 Å². The molecule has 3 aromatic rings. The molecular weight excluding hydrogens is 448 g/mol. The van der Waals surface area contributed by atoms with E-state index in [4.69, 9.17) is 17.3 Å². The summed E-state index contributed by atoms with van der Waals surface area (Å²) in [6.45, 7) is 8.17. The van der Waals surface area contributed by atoms with Gasteiger partial charge in [0, 0.05) is 19.1 Å². The number of hydrogen-bond donors (Lipinski definition) is 2. The number of rotatable bonds is 3. The van der Waals surface area contributed by atoms with Gasteiger partial charge in [-0.1, -0.05) is 37.2 Å². The number of fused-ring (bicyclic) bond motifs is 1. The smallest absolute Gasteiger partial charge is 0.261 e. The van der Waals surface area contributed by atoms with Crippen LogP contribution >= 0.6 is 22.9 Å². The van der Waals surface area contributed by atoms with Crippen LogP contribution in [0.5, 0.6) is 0 Å². The zero-order valence-electron chi connectivity index (χ0n) is 17.8. The average molecular weight is 473 g/mol. The average Bonchev–Trinajstić information content (AvgIpc) is 3.31. The Labute approximate surface area is 191 Å². The molecule has 0 aromatic carbocycles. The van der Waals surface area contributed by atoms with Crippen LogP contribution in [0.4, 0.5) is 11.5 Å². The largest absolute Gasteiger partial charge is 0.382 e. The Morgan fingerprint density at radius 1 is 1.39 bits per heavy atom. The Morgan fingerprint density at radius 2 is 2.19 bits per heavy atom. The third-order valence-corrected chi connectivity index (χ3v) is 7.13. The molecule has 4 heterocycles. The number of hydrogen-bond acceptors (Lipinski definition) is 6. The van der Waals surface area contributed by atoms with E-state index in [1.54, 1.807) is 16.6 Å². The molecule has 1 amide bonds. The highest BCUT2D eigenvalue weighted by Gasteiger charge is 2.26. The molecule has 0 radical (unpaired) electrons. The Bertz CT molecular complexity index is 1190. The first kappa shape index (κ1) is 21.7. The van der Waals surface area contributed by atoms with Crippen molar-refractivity contribution in [2.75, 3.05) is 23.7 Å². The maximum Gasteiger partial charge on any atom is 0.261 e. The van der Waals surface area contributed by atoms with Crippen molar-refractivity contribution in [3.63, 3.8) is 0 Å². The summed E-state index contributed by atoms with van der Waals surface area (Å²) >= 11 is 7.26. The predicted octanol–water partition coefficient (Wildman–Crippen LogP) is 3.65. The van der Waals surface area contributed by atoms with Gasteiger partial charge >= 0.3 is 0 Å². The third-order valence-electron chi connectivity index (χ3n) is 5.02. The van der Waals surface area contributed by atoms with E-state index in [1.165, 1.54) is 17.7 Å². The van der Waals surface area contributed by atoms with Crippen LogP contribution in [-0.2, 0) is 0 Å². The molecule has 0 spiro atoms. The predicted molar refractivity (Wildman–Crippen MR) is 130 cm³/mol. The fourth-order valence-corrected chi connectivity index (χ4v) is 5.09. The van der Waals surface area contributed by atoms with E-state index in [1.807, 2.05) is 6.07 Å². The normalized spacial score (nSPS) is 16.8. The van der Waals surface area contributed by atoms with Gasteiger partial charge < -0.3 is 16.0 Å². The highest BCUT2D eigenvalue weighted by molar-refractivity contribution is 7.18. The number of aromatic nitrogens is 3. The Hall–Kier alpha value is -2.54. The maximum atomic E-state index is 12.6. The van der Waals surface area contributed by atoms with Crippen LogP contribution in [0.2, 0.25) is 24.0 Å². The number of thiophene rings is 1. The molecule has 1 aliphatic rings. The first-order chi connectivity index (χ1) is 14.7. The summed E-state index contributed by atoms with van der Waals surface area (Å²) in [4.78, 5) is 19.6. The van der Waals surface area contributed by atoms with Crippen LogP contribution in [0.1, 0.15) is 28.2 Å². The summed E-state index contributed by atoms with van der Waals surface area (Å²) in [7, 11) is -1.55. The van der Waals surface area contributed by atoms with Gasteiger partial charge in [0.15, 0.2) is 5.82 Å². The van der Waals surface area contributed by atoms with E-state index in [0.717, 1.165) is 36.3 Å². The fraction of sp³-hybridized carbons (Fsp3) is 0.381. The van der Waals surface area contributed by atoms with Crippen molar-refractivity contribution >= 4 is 53.9 Å². The van der Waals surface area contributed by atoms with Crippen molar-refractivity contribution in [3.8, 4) is 11.5 Å². The lowest BCUT2D eigenvalue weighted by Crippen LogP contribution is -2.47. The lowest BCUT2D eigenvalue weighted by molar-refractivity contribution is 0.0937. The van der Waals surface area contributed by atoms with Gasteiger partial charge in [-0.3, -0.25) is 4.79 Å². The summed E-state index contributed by atoms with van der Waals surface area (Å²) in [5.41, 5.74) is 12.2. The van der Waals surface area contributed by atoms with Gasteiger partial charge in [0.1, 0.15) is 25.6 Å². The third kappa shape index (κ3) is 4.87. The second kappa shape index (κ2) is 8.53. The van der Waals surface area contributed by atoms with Gasteiger partial charge in [-0.05, 0) is 31.0 Å². The van der Waals surface area contributed by atoms with Crippen LogP contribution in [0.15, 0.2) is 24.5 Å². The van der Waals surface area contributed by atoms with E-state index < -0.39 is 8.07 Å². The Balaban J connectivity index is 1.61. The van der Waals surface area contributed by atoms with E-state index in [9.17, 15) is 4.79 Å². The molecule has 3 N–H and O–H groups in total. The maximum absolute atomic E-state index is 12.6. The minimum Gasteiger partial charge on any atom is -0.382 e. The molecule has 0 bridgehead atoms. The second-order valence-electron chi connectivity index (χ2n) is 8.68. The summed E-state index contributed by atoms with van der Waals surface area (Å²) in [6.07, 6.45) is 3.33. The lowest BCUT2D eigenvalue weighted by atomic mass is 10.0. The number of anilines is 2. The van der Waals surface area contributed by atoms with Crippen LogP contribution in [0.25, 0.3) is 5.52 Å². The number of nitrogens with zero attached hydrogens (tertiary/aromatic N) is 4. The quantitative estimate of drug-likeness (QED) is 0.448. The summed E-state index contributed by atoms with van der Waals surface area (Å²) in [6, 6.07) is 5.56. The fourth-order valence-electron chi connectivity index (χ4n) is 3.64. The minimum atomic E-state index is -1.55. The van der Waals surface area contributed by atoms with Crippen LogP contribution < -0.4 is 16.0 Å². The highest BCUT2D eigenvalue weighted by Crippen LogP contribution is 2.31. The number of halogens is 1. The molecule has 162 valence electrons. The molecule has 1 saturated heterocycles. The van der Waals surface area contributed by atoms with Crippen molar-refractivity contribution in [1.29, 1.82) is 0 Å². The number of nitrogens with two attached hydrogens (primary N) is 1. The second-order valence-corrected chi connectivity index (χ2v) is 15.1. The molecule has 1 fully saturated rings. The van der Waals surface area contributed by atoms with Gasteiger partial charge in [0.25, 0.3) is 5.91 Å². The molecule has 0 aliphatic carbocycles. The molecule has 0 saturated carbocycles. The van der Waals surface area contributed by atoms with E-state index >= 15 is 0 Å². The Kier molecular flexibility index (Phi) is 5.97. The summed E-state index contributed by atoms with van der Waals surface area (Å²) in [5.74, 6) is 3.64. The lowest BCUT2D eigenvalue weighted by Gasteiger charge is -2.34. The molecule has 7 nitrogen and oxygen atoms in total. The van der Waals surface area contributed by atoms with Crippen LogP contribution in [0.3, 0.4) is 0 Å². The zero-order chi connectivity index (χ0) is 22.2. The van der Waals surface area contributed by atoms with Gasteiger partial charge in [0.05, 0.1) is 14.9 Å². The number of nitrogens with one attached hydrogen (secondary N) is 1. The van der Waals surface area contributed by atoms with Crippen molar-refractivity contribution in [3.05, 3.63) is 39.4 Å². The monoisotopic (exact) mass is 472 g/mol. The number of amides is 1. The standard InChI is InChI=1S/C21H25ClN6OSSi/c1-31(2,3)10-8-15-11-16(19-20(23)24-13-25-28(15)19)27-9-4-5-14(12-27)26-21(29)17-6-7-18(22)30-17/h6-7,11,13-14H,4-5,9,12H2,1-3H3,(H,26,29)(H2,23,24,25)/t14-/m1/s1. The first-order valence-corrected chi connectivity index (χ1v) is 14.9. The molecule has 0 unspecified atom stereocenters. The van der Waals surface area contributed by atoms with E-state index in [0.29, 0.717) is 21.6 Å². The van der Waals surface area contributed by atoms with Crippen molar-refractivity contribution in [2.45, 2.75) is 38.5 Å². The SMILES string of the molecule is C[Si](C)(C)C#Cc1cc(N2CCC[C@@H](NC(=O)c3ccc(Cl)s3)C2)c2c(N)ncnn12. The molecule has 31 heavy (non-hydrogen) atoms. The summed E-state index contributed by atoms with van der Waals surface area (Å²) in [5, 5.41) is 7.54. The number of carbonyl (C=O) groups is 1. The zero-order valence-corrected chi connectivity index (χ0v) is 20.3. The van der Waals surface area contributed by atoms with Gasteiger partial charge in [-0.2, -0.15) is 5.10 Å². The summed E-state index contributed by atoms with van der Waals surface area (Å²) < 4.78 is 2.39. The highest BCUT2D eigenvalue weighted by atomic mass is 35.5. The topological polar surface area (TPSA) is 88.5 Å². The molecular formula is C21H25ClN6OSSi. The number of piperidine rings is 1. The van der Waals surface area contributed by atoms with Crippen LogP contribution in [-0.4, -0.2) is 47.7 Å². The van der Waals surface area contributed by atoms with Crippen molar-refractivity contribution < 1.29 is 4.79 Å². The minimum absolute atomic E-state index is 0.0273. The molecule has 4 rings (SSSR count). The number of nitrogen functional groups attached to an aromatic ring is 1. The van der Waals surface area contributed by atoms with Gasteiger partial charge in [-0.15, -0.1) is 16.9 Å². The first-order valence-electron chi connectivity index (χ1n) is 10.2. The van der Waals surface area contributed by atoms with Gasteiger partial charge in [0.2, 0.25) is 0 Å². The number of carbonyl (C=O) groups excluding carboxylic acids is 1. The van der Waals surface area contributed by atoms with Crippen LogP contribution in [0, 0.1) is 11.5 Å². The molecule has 1 atom stereocenters.